The van der Waals surface area contributed by atoms with E-state index in [0.29, 0.717) is 5.56 Å². The van der Waals surface area contributed by atoms with Gasteiger partial charge in [0.1, 0.15) is 5.82 Å². The predicted molar refractivity (Wildman–Crippen MR) is 74.1 cm³/mol. The maximum absolute atomic E-state index is 13.1. The Morgan fingerprint density at radius 3 is 2.70 bits per heavy atom. The summed E-state index contributed by atoms with van der Waals surface area (Å²) in [6, 6.07) is 10.2. The Bertz CT molecular complexity index is 814. The van der Waals surface area contributed by atoms with Crippen LogP contribution in [-0.4, -0.2) is 15.8 Å². The Morgan fingerprint density at radius 1 is 1.05 bits per heavy atom. The van der Waals surface area contributed by atoms with Gasteiger partial charge >= 0.3 is 0 Å². The van der Waals surface area contributed by atoms with Crippen molar-refractivity contribution in [2.24, 2.45) is 0 Å². The van der Waals surface area contributed by atoms with Crippen LogP contribution in [0.25, 0.3) is 10.9 Å². The maximum atomic E-state index is 13.1. The third-order valence-corrected chi connectivity index (χ3v) is 3.06. The number of benzene rings is 1. The second-order valence-corrected chi connectivity index (χ2v) is 4.58. The van der Waals surface area contributed by atoms with E-state index in [4.69, 9.17) is 0 Å². The zero-order valence-electron chi connectivity index (χ0n) is 10.8. The minimum absolute atomic E-state index is 0.240. The summed E-state index contributed by atoms with van der Waals surface area (Å²) in [7, 11) is 0. The fourth-order valence-electron chi connectivity index (χ4n) is 2.07. The summed E-state index contributed by atoms with van der Waals surface area (Å²) in [5, 5.41) is 0.880. The van der Waals surface area contributed by atoms with Crippen molar-refractivity contribution in [2.75, 3.05) is 0 Å². The Labute approximate surface area is 115 Å². The van der Waals surface area contributed by atoms with Crippen molar-refractivity contribution in [3.63, 3.8) is 0 Å². The van der Waals surface area contributed by atoms with Crippen molar-refractivity contribution < 1.29 is 9.18 Å². The lowest BCUT2D eigenvalue weighted by molar-refractivity contribution is 0.103. The summed E-state index contributed by atoms with van der Waals surface area (Å²) in [5.41, 5.74) is 2.49. The molecule has 2 aromatic heterocycles. The van der Waals surface area contributed by atoms with Crippen LogP contribution in [0, 0.1) is 12.7 Å². The van der Waals surface area contributed by atoms with Gasteiger partial charge < -0.3 is 0 Å². The highest BCUT2D eigenvalue weighted by Gasteiger charge is 2.11. The number of hydrogen-bond donors (Lipinski definition) is 0. The number of carbonyl (C=O) groups is 1. The third kappa shape index (κ3) is 2.28. The van der Waals surface area contributed by atoms with Crippen molar-refractivity contribution in [1.82, 2.24) is 9.97 Å². The van der Waals surface area contributed by atoms with E-state index < -0.39 is 5.82 Å². The Balaban J connectivity index is 2.06. The number of aryl methyl sites for hydroxylation is 1. The van der Waals surface area contributed by atoms with Crippen LogP contribution in [0.2, 0.25) is 0 Å². The van der Waals surface area contributed by atoms with Gasteiger partial charge in [-0.2, -0.15) is 0 Å². The molecule has 0 saturated heterocycles. The first-order valence-corrected chi connectivity index (χ1v) is 6.16. The summed E-state index contributed by atoms with van der Waals surface area (Å²) in [6.45, 7) is 1.91. The van der Waals surface area contributed by atoms with E-state index in [1.165, 1.54) is 12.3 Å². The largest absolute Gasteiger partial charge is 0.289 e. The number of pyridine rings is 2. The van der Waals surface area contributed by atoms with Crippen LogP contribution >= 0.6 is 0 Å². The second-order valence-electron chi connectivity index (χ2n) is 4.58. The van der Waals surface area contributed by atoms with Gasteiger partial charge in [0.25, 0.3) is 0 Å². The molecule has 2 heterocycles. The Kier molecular flexibility index (Phi) is 2.99. The standard InChI is InChI=1S/C16H11FN2O/c1-10-2-3-11-6-12(4-5-15(11)19-10)16(20)13-7-14(17)9-18-8-13/h2-9H,1H3. The van der Waals surface area contributed by atoms with Crippen LogP contribution in [0.1, 0.15) is 21.6 Å². The topological polar surface area (TPSA) is 42.9 Å². The highest BCUT2D eigenvalue weighted by atomic mass is 19.1. The first-order valence-electron chi connectivity index (χ1n) is 6.16. The van der Waals surface area contributed by atoms with Gasteiger partial charge in [-0.15, -0.1) is 0 Å². The molecule has 0 spiro atoms. The summed E-state index contributed by atoms with van der Waals surface area (Å²) in [5.74, 6) is -0.770. The van der Waals surface area contributed by atoms with Gasteiger partial charge in [-0.1, -0.05) is 6.07 Å². The van der Waals surface area contributed by atoms with Crippen LogP contribution in [0.5, 0.6) is 0 Å². The van der Waals surface area contributed by atoms with Gasteiger partial charge in [-0.3, -0.25) is 14.8 Å². The maximum Gasteiger partial charge on any atom is 0.194 e. The zero-order chi connectivity index (χ0) is 14.1. The number of carbonyl (C=O) groups excluding carboxylic acids is 1. The van der Waals surface area contributed by atoms with E-state index in [1.54, 1.807) is 18.2 Å². The van der Waals surface area contributed by atoms with Crippen molar-refractivity contribution in [2.45, 2.75) is 6.92 Å². The van der Waals surface area contributed by atoms with E-state index >= 15 is 0 Å². The lowest BCUT2D eigenvalue weighted by Crippen LogP contribution is -2.02. The molecule has 0 atom stereocenters. The van der Waals surface area contributed by atoms with E-state index in [1.807, 2.05) is 19.1 Å². The molecule has 0 N–H and O–H groups in total. The first kappa shape index (κ1) is 12.4. The van der Waals surface area contributed by atoms with Gasteiger partial charge in [-0.25, -0.2) is 4.39 Å². The highest BCUT2D eigenvalue weighted by molar-refractivity contribution is 6.10. The predicted octanol–water partition coefficient (Wildman–Crippen LogP) is 3.31. The van der Waals surface area contributed by atoms with Crippen molar-refractivity contribution in [1.29, 1.82) is 0 Å². The van der Waals surface area contributed by atoms with Crippen LogP contribution in [-0.2, 0) is 0 Å². The van der Waals surface area contributed by atoms with Crippen molar-refractivity contribution in [3.05, 3.63) is 71.4 Å². The van der Waals surface area contributed by atoms with Gasteiger partial charge in [0.15, 0.2) is 5.78 Å². The molecule has 4 heteroatoms. The molecule has 3 rings (SSSR count). The molecule has 0 aliphatic carbocycles. The van der Waals surface area contributed by atoms with Gasteiger partial charge in [0.05, 0.1) is 11.7 Å². The molecule has 3 aromatic rings. The third-order valence-electron chi connectivity index (χ3n) is 3.06. The fraction of sp³-hybridized carbons (Fsp3) is 0.0625. The molecular weight excluding hydrogens is 255 g/mol. The SMILES string of the molecule is Cc1ccc2cc(C(=O)c3cncc(F)c3)ccc2n1. The molecular formula is C16H11FN2O. The number of hydrogen-bond acceptors (Lipinski definition) is 3. The summed E-state index contributed by atoms with van der Waals surface area (Å²) in [4.78, 5) is 20.4. The molecule has 0 unspecified atom stereocenters. The molecule has 98 valence electrons. The normalized spacial score (nSPS) is 10.7. The molecule has 1 aromatic carbocycles. The van der Waals surface area contributed by atoms with Crippen LogP contribution < -0.4 is 0 Å². The number of ketones is 1. The van der Waals surface area contributed by atoms with E-state index in [-0.39, 0.29) is 11.3 Å². The summed E-state index contributed by atoms with van der Waals surface area (Å²) in [6.07, 6.45) is 2.44. The smallest absolute Gasteiger partial charge is 0.194 e. The average molecular weight is 266 g/mol. The molecule has 20 heavy (non-hydrogen) atoms. The van der Waals surface area contributed by atoms with Crippen LogP contribution in [0.4, 0.5) is 4.39 Å². The fourth-order valence-corrected chi connectivity index (χ4v) is 2.07. The summed E-state index contributed by atoms with van der Waals surface area (Å²) < 4.78 is 13.1. The molecule has 3 nitrogen and oxygen atoms in total. The van der Waals surface area contributed by atoms with E-state index in [2.05, 4.69) is 9.97 Å². The average Bonchev–Trinajstić information content (AvgIpc) is 2.46. The van der Waals surface area contributed by atoms with Crippen LogP contribution in [0.15, 0.2) is 48.8 Å². The quantitative estimate of drug-likeness (QED) is 0.668. The molecule has 0 bridgehead atoms. The first-order chi connectivity index (χ1) is 9.63. The zero-order valence-corrected chi connectivity index (χ0v) is 10.8. The lowest BCUT2D eigenvalue weighted by Gasteiger charge is -2.04. The monoisotopic (exact) mass is 266 g/mol. The molecule has 0 aliphatic rings. The Hall–Kier alpha value is -2.62. The van der Waals surface area contributed by atoms with Crippen molar-refractivity contribution in [3.8, 4) is 0 Å². The highest BCUT2D eigenvalue weighted by Crippen LogP contribution is 2.17. The Morgan fingerprint density at radius 2 is 1.90 bits per heavy atom. The van der Waals surface area contributed by atoms with Gasteiger partial charge in [0.2, 0.25) is 0 Å². The summed E-state index contributed by atoms with van der Waals surface area (Å²) >= 11 is 0. The number of aromatic nitrogens is 2. The lowest BCUT2D eigenvalue weighted by atomic mass is 10.0. The second kappa shape index (κ2) is 4.81. The molecule has 0 fully saturated rings. The molecule has 0 radical (unpaired) electrons. The molecule has 0 saturated carbocycles. The number of rotatable bonds is 2. The number of fused-ring (bicyclic) bond motifs is 1. The van der Waals surface area contributed by atoms with Crippen LogP contribution in [0.3, 0.4) is 0 Å². The van der Waals surface area contributed by atoms with Crippen molar-refractivity contribution >= 4 is 16.7 Å². The molecule has 0 aliphatic heterocycles. The van der Waals surface area contributed by atoms with Gasteiger partial charge in [-0.05, 0) is 37.3 Å². The van der Waals surface area contributed by atoms with Gasteiger partial charge in [0, 0.05) is 28.4 Å². The minimum Gasteiger partial charge on any atom is -0.289 e. The number of halogens is 1. The van der Waals surface area contributed by atoms with E-state index in [0.717, 1.165) is 22.8 Å². The minimum atomic E-state index is -0.520. The molecule has 0 amide bonds. The number of nitrogens with zero attached hydrogens (tertiary/aromatic N) is 2. The van der Waals surface area contributed by atoms with E-state index in [9.17, 15) is 9.18 Å².